The summed E-state index contributed by atoms with van der Waals surface area (Å²) in [5.41, 5.74) is 7.02. The fourth-order valence-corrected chi connectivity index (χ4v) is 6.04. The molecule has 1 unspecified atom stereocenters. The van der Waals surface area contributed by atoms with E-state index in [0.29, 0.717) is 33.2 Å². The molecule has 34 heavy (non-hydrogen) atoms. The van der Waals surface area contributed by atoms with Crippen LogP contribution in [0.4, 0.5) is 9.39 Å². The number of ether oxygens (including phenoxy) is 1. The van der Waals surface area contributed by atoms with Crippen LogP contribution >= 0.6 is 34.7 Å². The highest BCUT2D eigenvalue weighted by atomic mass is 35.5. The molecule has 0 fully saturated rings. The first-order valence-electron chi connectivity index (χ1n) is 10.6. The van der Waals surface area contributed by atoms with Crippen molar-refractivity contribution in [1.82, 2.24) is 14.8 Å². The molecule has 8 nitrogen and oxygen atoms in total. The number of nitrogens with zero attached hydrogens (tertiary/aromatic N) is 3. The number of thiophene rings is 1. The summed E-state index contributed by atoms with van der Waals surface area (Å²) in [6.07, 6.45) is 2.68. The first-order valence-corrected chi connectivity index (χ1v) is 12.7. The summed E-state index contributed by atoms with van der Waals surface area (Å²) in [5, 5.41) is 12.1. The number of benzene rings is 1. The van der Waals surface area contributed by atoms with Crippen LogP contribution in [-0.2, 0) is 31.3 Å². The highest BCUT2D eigenvalue weighted by molar-refractivity contribution is 7.99. The minimum absolute atomic E-state index is 0.0293. The fraction of sp³-hybridized carbons (Fsp3) is 0.364. The fourth-order valence-electron chi connectivity index (χ4n) is 3.70. The van der Waals surface area contributed by atoms with Gasteiger partial charge in [0.1, 0.15) is 23.2 Å². The molecule has 3 N–H and O–H groups in total. The van der Waals surface area contributed by atoms with Crippen LogP contribution in [0.1, 0.15) is 40.0 Å². The standard InChI is InChI=1S/C22H23ClFN5O3S2/c1-11-3-5-13-16(7-11)34-21(19(13)20(25)31)26-18(30)10-33-22-28-27-17(29(22)2)9-32-12-4-6-15(24)14(23)8-12/h4,6,8,11H,3,5,7,9-10H2,1-2H3,(H2,25,31)(H,26,30). The Morgan fingerprint density at radius 2 is 2.21 bits per heavy atom. The van der Waals surface area contributed by atoms with Gasteiger partial charge in [-0.1, -0.05) is 30.3 Å². The van der Waals surface area contributed by atoms with Gasteiger partial charge in [-0.25, -0.2) is 4.39 Å². The van der Waals surface area contributed by atoms with Crippen molar-refractivity contribution in [2.45, 2.75) is 37.9 Å². The van der Waals surface area contributed by atoms with Crippen molar-refractivity contribution in [1.29, 1.82) is 0 Å². The van der Waals surface area contributed by atoms with Gasteiger partial charge in [-0.05, 0) is 42.9 Å². The molecule has 0 bridgehead atoms. The van der Waals surface area contributed by atoms with Gasteiger partial charge in [0.05, 0.1) is 16.3 Å². The molecule has 2 heterocycles. The normalized spacial score (nSPS) is 15.1. The Morgan fingerprint density at radius 3 is 2.94 bits per heavy atom. The van der Waals surface area contributed by atoms with Crippen molar-refractivity contribution >= 4 is 51.5 Å². The van der Waals surface area contributed by atoms with Crippen LogP contribution in [-0.4, -0.2) is 32.3 Å². The molecule has 4 rings (SSSR count). The third-order valence-corrected chi connectivity index (χ3v) is 8.01. The Bertz CT molecular complexity index is 1250. The van der Waals surface area contributed by atoms with Crippen LogP contribution < -0.4 is 15.8 Å². The molecule has 0 saturated carbocycles. The third-order valence-electron chi connectivity index (χ3n) is 5.53. The second-order valence-electron chi connectivity index (χ2n) is 8.08. The summed E-state index contributed by atoms with van der Waals surface area (Å²) in [6.45, 7) is 2.27. The number of hydrogen-bond donors (Lipinski definition) is 2. The van der Waals surface area contributed by atoms with Crippen molar-refractivity contribution in [3.63, 3.8) is 0 Å². The molecule has 2 aromatic heterocycles. The van der Waals surface area contributed by atoms with E-state index in [-0.39, 0.29) is 23.3 Å². The topological polar surface area (TPSA) is 112 Å². The predicted octanol–water partition coefficient (Wildman–Crippen LogP) is 4.20. The smallest absolute Gasteiger partial charge is 0.251 e. The summed E-state index contributed by atoms with van der Waals surface area (Å²) < 4.78 is 20.6. The first-order chi connectivity index (χ1) is 16.2. The number of halogens is 2. The summed E-state index contributed by atoms with van der Waals surface area (Å²) in [5.74, 6) is 0.249. The minimum atomic E-state index is -0.523. The number of aromatic nitrogens is 3. The number of thioether (sulfide) groups is 1. The predicted molar refractivity (Wildman–Crippen MR) is 130 cm³/mol. The Kier molecular flexibility index (Phi) is 7.44. The van der Waals surface area contributed by atoms with Crippen LogP contribution in [0.15, 0.2) is 23.4 Å². The molecule has 1 atom stereocenters. The van der Waals surface area contributed by atoms with E-state index < -0.39 is 11.7 Å². The molecule has 0 radical (unpaired) electrons. The second-order valence-corrected chi connectivity index (χ2v) is 10.5. The Balaban J connectivity index is 1.36. The van der Waals surface area contributed by atoms with Gasteiger partial charge < -0.3 is 20.4 Å². The number of hydrogen-bond acceptors (Lipinski definition) is 7. The van der Waals surface area contributed by atoms with Gasteiger partial charge in [-0.2, -0.15) is 0 Å². The molecule has 0 aliphatic heterocycles. The van der Waals surface area contributed by atoms with Gasteiger partial charge in [0, 0.05) is 18.0 Å². The molecule has 0 saturated heterocycles. The summed E-state index contributed by atoms with van der Waals surface area (Å²) in [6, 6.07) is 4.08. The maximum absolute atomic E-state index is 13.3. The molecule has 3 aromatic rings. The van der Waals surface area contributed by atoms with Crippen LogP contribution in [0.2, 0.25) is 5.02 Å². The third kappa shape index (κ3) is 5.37. The maximum Gasteiger partial charge on any atom is 0.251 e. The number of nitrogens with one attached hydrogen (secondary N) is 1. The zero-order chi connectivity index (χ0) is 24.4. The van der Waals surface area contributed by atoms with Gasteiger partial charge in [0.15, 0.2) is 11.0 Å². The number of carbonyl (C=O) groups is 2. The highest BCUT2D eigenvalue weighted by Gasteiger charge is 2.27. The molecule has 0 spiro atoms. The lowest BCUT2D eigenvalue weighted by atomic mass is 9.88. The summed E-state index contributed by atoms with van der Waals surface area (Å²) in [7, 11) is 1.76. The molecule has 1 aromatic carbocycles. The van der Waals surface area contributed by atoms with Crippen molar-refractivity contribution in [3.8, 4) is 5.75 Å². The number of nitrogens with two attached hydrogens (primary N) is 1. The molecule has 1 aliphatic rings. The molecular weight excluding hydrogens is 501 g/mol. The van der Waals surface area contributed by atoms with Gasteiger partial charge in [0.25, 0.3) is 5.91 Å². The highest BCUT2D eigenvalue weighted by Crippen LogP contribution is 2.39. The zero-order valence-corrected chi connectivity index (χ0v) is 21.0. The van der Waals surface area contributed by atoms with Crippen LogP contribution in [0.5, 0.6) is 5.75 Å². The number of primary amides is 1. The van der Waals surface area contributed by atoms with Crippen LogP contribution in [0, 0.1) is 11.7 Å². The number of carbonyl (C=O) groups excluding carboxylic acids is 2. The minimum Gasteiger partial charge on any atom is -0.486 e. The average Bonchev–Trinajstić information content (AvgIpc) is 3.32. The van der Waals surface area contributed by atoms with Gasteiger partial charge >= 0.3 is 0 Å². The Hall–Kier alpha value is -2.63. The molecule has 180 valence electrons. The summed E-state index contributed by atoms with van der Waals surface area (Å²) >= 11 is 8.41. The Labute approximate surface area is 209 Å². The van der Waals surface area contributed by atoms with E-state index in [1.807, 2.05) is 0 Å². The lowest BCUT2D eigenvalue weighted by molar-refractivity contribution is -0.113. The SMILES string of the molecule is CC1CCc2c(sc(NC(=O)CSc3nnc(COc4ccc(F)c(Cl)c4)n3C)c2C(N)=O)C1. The van der Waals surface area contributed by atoms with Gasteiger partial charge in [-0.3, -0.25) is 9.59 Å². The molecule has 2 amide bonds. The van der Waals surface area contributed by atoms with Crippen LogP contribution in [0.25, 0.3) is 0 Å². The van der Waals surface area contributed by atoms with Crippen molar-refractivity contribution in [2.75, 3.05) is 11.1 Å². The quantitative estimate of drug-likeness (QED) is 0.428. The van der Waals surface area contributed by atoms with Crippen molar-refractivity contribution < 1.29 is 18.7 Å². The zero-order valence-electron chi connectivity index (χ0n) is 18.6. The summed E-state index contributed by atoms with van der Waals surface area (Å²) in [4.78, 5) is 25.8. The van der Waals surface area contributed by atoms with Crippen molar-refractivity contribution in [2.24, 2.45) is 18.7 Å². The van der Waals surface area contributed by atoms with E-state index >= 15 is 0 Å². The lowest BCUT2D eigenvalue weighted by Crippen LogP contribution is -2.20. The van der Waals surface area contributed by atoms with E-state index in [4.69, 9.17) is 22.1 Å². The molecule has 1 aliphatic carbocycles. The van der Waals surface area contributed by atoms with E-state index in [9.17, 15) is 14.0 Å². The number of amides is 2. The van der Waals surface area contributed by atoms with E-state index in [1.165, 1.54) is 41.3 Å². The van der Waals surface area contributed by atoms with E-state index in [2.05, 4.69) is 22.4 Å². The van der Waals surface area contributed by atoms with Crippen molar-refractivity contribution in [3.05, 3.63) is 50.9 Å². The Morgan fingerprint density at radius 1 is 1.41 bits per heavy atom. The first kappa shape index (κ1) is 24.5. The monoisotopic (exact) mass is 523 g/mol. The van der Waals surface area contributed by atoms with Crippen LogP contribution in [0.3, 0.4) is 0 Å². The molecule has 12 heteroatoms. The largest absolute Gasteiger partial charge is 0.486 e. The van der Waals surface area contributed by atoms with E-state index in [0.717, 1.165) is 29.7 Å². The number of rotatable bonds is 8. The average molecular weight is 524 g/mol. The van der Waals surface area contributed by atoms with Gasteiger partial charge in [-0.15, -0.1) is 21.5 Å². The second kappa shape index (κ2) is 10.3. The number of fused-ring (bicyclic) bond motifs is 1. The lowest BCUT2D eigenvalue weighted by Gasteiger charge is -2.18. The maximum atomic E-state index is 13.3. The number of anilines is 1. The van der Waals surface area contributed by atoms with E-state index in [1.54, 1.807) is 11.6 Å². The van der Waals surface area contributed by atoms with Gasteiger partial charge in [0.2, 0.25) is 5.91 Å². The molecular formula is C22H23ClFN5O3S2.